The molecule has 0 spiro atoms. The molecule has 156 valence electrons. The van der Waals surface area contributed by atoms with Gasteiger partial charge in [0.2, 0.25) is 0 Å². The van der Waals surface area contributed by atoms with Crippen LogP contribution >= 0.6 is 0 Å². The number of nitrogens with two attached hydrogens (primary N) is 1. The van der Waals surface area contributed by atoms with Crippen molar-refractivity contribution in [1.29, 1.82) is 0 Å². The van der Waals surface area contributed by atoms with Gasteiger partial charge in [-0.25, -0.2) is 4.79 Å². The molecule has 1 amide bonds. The van der Waals surface area contributed by atoms with Crippen molar-refractivity contribution in [3.05, 3.63) is 18.2 Å². The summed E-state index contributed by atoms with van der Waals surface area (Å²) in [5, 5.41) is 0. The Kier molecular flexibility index (Phi) is 5.69. The van der Waals surface area contributed by atoms with Crippen molar-refractivity contribution in [2.24, 2.45) is 5.41 Å². The normalized spacial score (nSPS) is 20.2. The fourth-order valence-corrected chi connectivity index (χ4v) is 3.83. The first-order valence-electron chi connectivity index (χ1n) is 10.4. The van der Waals surface area contributed by atoms with Crippen molar-refractivity contribution < 1.29 is 9.53 Å². The lowest BCUT2D eigenvalue weighted by molar-refractivity contribution is 0.0240. The summed E-state index contributed by atoms with van der Waals surface area (Å²) >= 11 is 0. The predicted molar refractivity (Wildman–Crippen MR) is 116 cm³/mol. The van der Waals surface area contributed by atoms with Crippen molar-refractivity contribution in [1.82, 2.24) is 4.90 Å². The maximum absolute atomic E-state index is 12.3. The van der Waals surface area contributed by atoms with Crippen LogP contribution in [0.3, 0.4) is 0 Å². The molecule has 2 heterocycles. The molecular weight excluding hydrogens is 352 g/mol. The van der Waals surface area contributed by atoms with Crippen LogP contribution in [0.5, 0.6) is 0 Å². The second-order valence-electron chi connectivity index (χ2n) is 9.85. The van der Waals surface area contributed by atoms with E-state index in [1.165, 1.54) is 18.5 Å². The van der Waals surface area contributed by atoms with Crippen LogP contribution in [0.15, 0.2) is 18.2 Å². The highest BCUT2D eigenvalue weighted by Gasteiger charge is 2.28. The third kappa shape index (κ3) is 5.03. The molecule has 3 rings (SSSR count). The van der Waals surface area contributed by atoms with Crippen molar-refractivity contribution >= 4 is 23.2 Å². The summed E-state index contributed by atoms with van der Waals surface area (Å²) in [6, 6.07) is 6.33. The summed E-state index contributed by atoms with van der Waals surface area (Å²) in [6.45, 7) is 15.4. The second-order valence-corrected chi connectivity index (χ2v) is 9.85. The highest BCUT2D eigenvalue weighted by molar-refractivity contribution is 5.74. The zero-order valence-corrected chi connectivity index (χ0v) is 18.1. The minimum Gasteiger partial charge on any atom is -0.444 e. The van der Waals surface area contributed by atoms with Gasteiger partial charge in [-0.05, 0) is 57.2 Å². The average molecular weight is 389 g/mol. The molecule has 0 unspecified atom stereocenters. The highest BCUT2D eigenvalue weighted by Crippen LogP contribution is 2.36. The van der Waals surface area contributed by atoms with Crippen LogP contribution in [0.25, 0.3) is 0 Å². The number of ether oxygens (including phenoxy) is 1. The topological polar surface area (TPSA) is 62.0 Å². The van der Waals surface area contributed by atoms with Gasteiger partial charge in [-0.15, -0.1) is 0 Å². The summed E-state index contributed by atoms with van der Waals surface area (Å²) in [4.78, 5) is 18.8. The Bertz CT molecular complexity index is 693. The quantitative estimate of drug-likeness (QED) is 0.777. The van der Waals surface area contributed by atoms with E-state index in [0.717, 1.165) is 37.6 Å². The molecule has 1 aromatic rings. The largest absolute Gasteiger partial charge is 0.444 e. The summed E-state index contributed by atoms with van der Waals surface area (Å²) in [5.74, 6) is 0. The Morgan fingerprint density at radius 2 is 1.61 bits per heavy atom. The Balaban J connectivity index is 1.63. The molecule has 2 saturated heterocycles. The van der Waals surface area contributed by atoms with E-state index in [-0.39, 0.29) is 6.09 Å². The Morgan fingerprint density at radius 3 is 2.18 bits per heavy atom. The van der Waals surface area contributed by atoms with Crippen molar-refractivity contribution in [3.63, 3.8) is 0 Å². The van der Waals surface area contributed by atoms with Crippen LogP contribution in [0.2, 0.25) is 0 Å². The predicted octanol–water partition coefficient (Wildman–Crippen LogP) is 3.95. The number of piperazine rings is 1. The molecule has 6 heteroatoms. The molecule has 0 bridgehead atoms. The zero-order valence-electron chi connectivity index (χ0n) is 18.1. The monoisotopic (exact) mass is 388 g/mol. The number of benzene rings is 1. The van der Waals surface area contributed by atoms with E-state index >= 15 is 0 Å². The fraction of sp³-hybridized carbons (Fsp3) is 0.682. The molecule has 2 aliphatic rings. The van der Waals surface area contributed by atoms with Crippen LogP contribution in [0.4, 0.5) is 21.9 Å². The van der Waals surface area contributed by atoms with Gasteiger partial charge in [0.25, 0.3) is 0 Å². The lowest BCUT2D eigenvalue weighted by Gasteiger charge is -2.40. The first-order chi connectivity index (χ1) is 13.0. The van der Waals surface area contributed by atoms with Crippen LogP contribution in [0, 0.1) is 5.41 Å². The van der Waals surface area contributed by atoms with Gasteiger partial charge in [-0.2, -0.15) is 0 Å². The summed E-state index contributed by atoms with van der Waals surface area (Å²) < 4.78 is 5.49. The smallest absolute Gasteiger partial charge is 0.410 e. The number of anilines is 3. The first kappa shape index (κ1) is 20.6. The van der Waals surface area contributed by atoms with Gasteiger partial charge in [0.05, 0.1) is 11.4 Å². The van der Waals surface area contributed by atoms with Gasteiger partial charge < -0.3 is 25.2 Å². The molecule has 0 aromatic heterocycles. The zero-order chi connectivity index (χ0) is 20.5. The Labute approximate surface area is 169 Å². The van der Waals surface area contributed by atoms with Gasteiger partial charge in [-0.1, -0.05) is 13.8 Å². The third-order valence-electron chi connectivity index (χ3n) is 5.77. The molecule has 0 radical (unpaired) electrons. The maximum atomic E-state index is 12.3. The molecule has 0 aliphatic carbocycles. The van der Waals surface area contributed by atoms with Gasteiger partial charge in [0, 0.05) is 45.0 Å². The second kappa shape index (κ2) is 7.72. The van der Waals surface area contributed by atoms with Gasteiger partial charge in [0.15, 0.2) is 0 Å². The van der Waals surface area contributed by atoms with Gasteiger partial charge in [-0.3, -0.25) is 0 Å². The summed E-state index contributed by atoms with van der Waals surface area (Å²) in [6.07, 6.45) is 2.15. The number of nitrogen functional groups attached to an aromatic ring is 1. The number of piperidine rings is 1. The van der Waals surface area contributed by atoms with Crippen molar-refractivity contribution in [2.45, 2.75) is 53.1 Å². The van der Waals surface area contributed by atoms with E-state index in [9.17, 15) is 4.79 Å². The first-order valence-corrected chi connectivity index (χ1v) is 10.4. The maximum Gasteiger partial charge on any atom is 0.410 e. The minimum absolute atomic E-state index is 0.221. The fourth-order valence-electron chi connectivity index (χ4n) is 3.83. The number of hydrogen-bond donors (Lipinski definition) is 1. The Hall–Kier alpha value is -2.11. The van der Waals surface area contributed by atoms with Crippen LogP contribution in [-0.4, -0.2) is 55.9 Å². The molecule has 6 nitrogen and oxygen atoms in total. The van der Waals surface area contributed by atoms with E-state index in [0.29, 0.717) is 18.5 Å². The standard InChI is InChI=1S/C22H36N4O2/c1-21(2,3)28-20(27)26-14-12-24(13-15-26)17-6-7-18(23)19(16-17)25-10-8-22(4,5)9-11-25/h6-7,16H,8-15,23H2,1-5H3. The van der Waals surface area contributed by atoms with E-state index in [2.05, 4.69) is 35.8 Å². The molecule has 28 heavy (non-hydrogen) atoms. The molecule has 0 atom stereocenters. The van der Waals surface area contributed by atoms with Crippen LogP contribution in [0.1, 0.15) is 47.5 Å². The van der Waals surface area contributed by atoms with Crippen molar-refractivity contribution in [3.8, 4) is 0 Å². The summed E-state index contributed by atoms with van der Waals surface area (Å²) in [5.41, 5.74) is 9.43. The number of carbonyl (C=O) groups excluding carboxylic acids is 1. The molecule has 2 aliphatic heterocycles. The lowest BCUT2D eigenvalue weighted by Crippen LogP contribution is -2.50. The highest BCUT2D eigenvalue weighted by atomic mass is 16.6. The number of nitrogens with zero attached hydrogens (tertiary/aromatic N) is 3. The number of hydrogen-bond acceptors (Lipinski definition) is 5. The average Bonchev–Trinajstić information content (AvgIpc) is 2.61. The van der Waals surface area contributed by atoms with Gasteiger partial charge >= 0.3 is 6.09 Å². The number of carbonyl (C=O) groups is 1. The van der Waals surface area contributed by atoms with Gasteiger partial charge in [0.1, 0.15) is 5.60 Å². The summed E-state index contributed by atoms with van der Waals surface area (Å²) in [7, 11) is 0. The van der Waals surface area contributed by atoms with Crippen LogP contribution < -0.4 is 15.5 Å². The van der Waals surface area contributed by atoms with Crippen molar-refractivity contribution in [2.75, 3.05) is 54.8 Å². The SMILES string of the molecule is CC1(C)CCN(c2cc(N3CCN(C(=O)OC(C)(C)C)CC3)ccc2N)CC1. The van der Waals surface area contributed by atoms with E-state index in [4.69, 9.17) is 10.5 Å². The van der Waals surface area contributed by atoms with E-state index in [1.54, 1.807) is 4.90 Å². The molecule has 2 fully saturated rings. The van der Waals surface area contributed by atoms with E-state index in [1.807, 2.05) is 26.8 Å². The molecule has 1 aromatic carbocycles. The Morgan fingerprint density at radius 1 is 1.00 bits per heavy atom. The molecule has 2 N–H and O–H groups in total. The number of rotatable bonds is 2. The number of amides is 1. The molecule has 0 saturated carbocycles. The lowest BCUT2D eigenvalue weighted by atomic mass is 9.82. The minimum atomic E-state index is -0.455. The molecular formula is C22H36N4O2. The van der Waals surface area contributed by atoms with E-state index < -0.39 is 5.60 Å². The third-order valence-corrected chi connectivity index (χ3v) is 5.77. The van der Waals surface area contributed by atoms with Crippen LogP contribution in [-0.2, 0) is 4.74 Å².